The van der Waals surface area contributed by atoms with Gasteiger partial charge in [0.25, 0.3) is 0 Å². The van der Waals surface area contributed by atoms with Gasteiger partial charge in [-0.3, -0.25) is 4.99 Å². The van der Waals surface area contributed by atoms with E-state index in [2.05, 4.69) is 27.4 Å². The van der Waals surface area contributed by atoms with Crippen molar-refractivity contribution in [2.24, 2.45) is 4.99 Å². The molecule has 1 fully saturated rings. The summed E-state index contributed by atoms with van der Waals surface area (Å²) in [6, 6.07) is 6.68. The van der Waals surface area contributed by atoms with Crippen LogP contribution in [0.2, 0.25) is 0 Å². The summed E-state index contributed by atoms with van der Waals surface area (Å²) in [5.41, 5.74) is 1.13. The van der Waals surface area contributed by atoms with E-state index in [9.17, 15) is 4.39 Å². The Morgan fingerprint density at radius 3 is 2.57 bits per heavy atom. The number of benzene rings is 1. The number of rotatable bonds is 7. The molecule has 1 heterocycles. The van der Waals surface area contributed by atoms with Crippen LogP contribution in [0.15, 0.2) is 29.3 Å². The van der Waals surface area contributed by atoms with Crippen molar-refractivity contribution in [3.8, 4) is 0 Å². The fourth-order valence-electron chi connectivity index (χ4n) is 2.80. The quantitative estimate of drug-likeness (QED) is 0.599. The Morgan fingerprint density at radius 2 is 1.87 bits per heavy atom. The number of likely N-dealkylation sites (tertiary alicyclic amines) is 1. The van der Waals surface area contributed by atoms with Crippen LogP contribution in [0, 0.1) is 5.82 Å². The van der Waals surface area contributed by atoms with Gasteiger partial charge in [-0.15, -0.1) is 0 Å². The molecule has 0 unspecified atom stereocenters. The van der Waals surface area contributed by atoms with Gasteiger partial charge < -0.3 is 15.5 Å². The van der Waals surface area contributed by atoms with Gasteiger partial charge in [0, 0.05) is 19.6 Å². The summed E-state index contributed by atoms with van der Waals surface area (Å²) in [7, 11) is 0. The Labute approximate surface area is 139 Å². The van der Waals surface area contributed by atoms with Crippen LogP contribution in [-0.2, 0) is 6.42 Å². The topological polar surface area (TPSA) is 39.7 Å². The Hall–Kier alpha value is -1.62. The maximum absolute atomic E-state index is 12.9. The molecule has 0 aromatic heterocycles. The van der Waals surface area contributed by atoms with Crippen molar-refractivity contribution in [1.82, 2.24) is 15.5 Å². The maximum atomic E-state index is 12.9. The Morgan fingerprint density at radius 1 is 1.13 bits per heavy atom. The number of hydrogen-bond acceptors (Lipinski definition) is 2. The van der Waals surface area contributed by atoms with Crippen molar-refractivity contribution in [3.63, 3.8) is 0 Å². The standard InChI is InChI=1S/C18H29FN4/c1-2-20-18(22-12-15-23-13-4-3-5-14-23)21-11-10-16-6-8-17(19)9-7-16/h6-9H,2-5,10-15H2,1H3,(H2,20,21,22). The second kappa shape index (κ2) is 10.2. The summed E-state index contributed by atoms with van der Waals surface area (Å²) in [6.07, 6.45) is 4.86. The van der Waals surface area contributed by atoms with Crippen molar-refractivity contribution in [2.75, 3.05) is 39.3 Å². The number of aliphatic imine (C=N–C) groups is 1. The summed E-state index contributed by atoms with van der Waals surface area (Å²) < 4.78 is 12.9. The molecular weight excluding hydrogens is 291 g/mol. The smallest absolute Gasteiger partial charge is 0.191 e. The third kappa shape index (κ3) is 6.99. The van der Waals surface area contributed by atoms with Crippen LogP contribution in [-0.4, -0.2) is 50.1 Å². The van der Waals surface area contributed by atoms with Crippen LogP contribution in [0.25, 0.3) is 0 Å². The first-order chi connectivity index (χ1) is 11.3. The Kier molecular flexibility index (Phi) is 7.87. The second-order valence-electron chi connectivity index (χ2n) is 5.97. The molecular formula is C18H29FN4. The van der Waals surface area contributed by atoms with E-state index >= 15 is 0 Å². The maximum Gasteiger partial charge on any atom is 0.191 e. The van der Waals surface area contributed by atoms with Crippen molar-refractivity contribution in [2.45, 2.75) is 32.6 Å². The highest BCUT2D eigenvalue weighted by molar-refractivity contribution is 5.79. The van der Waals surface area contributed by atoms with Crippen LogP contribution < -0.4 is 10.6 Å². The van der Waals surface area contributed by atoms with Gasteiger partial charge in [-0.1, -0.05) is 18.6 Å². The highest BCUT2D eigenvalue weighted by atomic mass is 19.1. The van der Waals surface area contributed by atoms with Crippen molar-refractivity contribution in [1.29, 1.82) is 0 Å². The third-order valence-electron chi connectivity index (χ3n) is 4.10. The number of nitrogens with zero attached hydrogens (tertiary/aromatic N) is 2. The molecule has 0 aliphatic carbocycles. The summed E-state index contributed by atoms with van der Waals surface area (Å²) in [5.74, 6) is 0.681. The summed E-state index contributed by atoms with van der Waals surface area (Å²) >= 11 is 0. The lowest BCUT2D eigenvalue weighted by molar-refractivity contribution is 0.235. The van der Waals surface area contributed by atoms with Gasteiger partial charge in [0.1, 0.15) is 5.82 Å². The zero-order valence-electron chi connectivity index (χ0n) is 14.2. The van der Waals surface area contributed by atoms with E-state index in [0.717, 1.165) is 44.1 Å². The van der Waals surface area contributed by atoms with Crippen molar-refractivity contribution >= 4 is 5.96 Å². The van der Waals surface area contributed by atoms with Crippen LogP contribution in [0.3, 0.4) is 0 Å². The largest absolute Gasteiger partial charge is 0.357 e. The molecule has 2 N–H and O–H groups in total. The molecule has 0 amide bonds. The van der Waals surface area contributed by atoms with Gasteiger partial charge in [-0.05, 0) is 57.0 Å². The number of halogens is 1. The van der Waals surface area contributed by atoms with E-state index < -0.39 is 0 Å². The third-order valence-corrected chi connectivity index (χ3v) is 4.10. The fraction of sp³-hybridized carbons (Fsp3) is 0.611. The molecule has 0 saturated carbocycles. The Bertz CT molecular complexity index is 466. The lowest BCUT2D eigenvalue weighted by atomic mass is 10.1. The number of nitrogens with one attached hydrogen (secondary N) is 2. The number of guanidine groups is 1. The number of hydrogen-bond donors (Lipinski definition) is 2. The van der Waals surface area contributed by atoms with E-state index in [4.69, 9.17) is 0 Å². The molecule has 128 valence electrons. The van der Waals surface area contributed by atoms with Crippen LogP contribution in [0.4, 0.5) is 4.39 Å². The Balaban J connectivity index is 1.71. The lowest BCUT2D eigenvalue weighted by Gasteiger charge is -2.25. The predicted molar refractivity (Wildman–Crippen MR) is 94.4 cm³/mol. The normalized spacial score (nSPS) is 16.3. The van der Waals surface area contributed by atoms with E-state index in [-0.39, 0.29) is 5.82 Å². The van der Waals surface area contributed by atoms with Gasteiger partial charge in [0.05, 0.1) is 6.54 Å². The molecule has 5 heteroatoms. The summed E-state index contributed by atoms with van der Waals surface area (Å²) in [5, 5.41) is 6.62. The van der Waals surface area contributed by atoms with Crippen LogP contribution in [0.1, 0.15) is 31.7 Å². The molecule has 4 nitrogen and oxygen atoms in total. The molecule has 23 heavy (non-hydrogen) atoms. The van der Waals surface area contributed by atoms with Gasteiger partial charge in [0.2, 0.25) is 0 Å². The van der Waals surface area contributed by atoms with E-state index in [1.165, 1.54) is 44.5 Å². The molecule has 1 aromatic carbocycles. The first-order valence-corrected chi connectivity index (χ1v) is 8.77. The molecule has 0 radical (unpaired) electrons. The minimum atomic E-state index is -0.186. The van der Waals surface area contributed by atoms with Gasteiger partial charge in [-0.25, -0.2) is 4.39 Å². The SMILES string of the molecule is CCNC(=NCCN1CCCCC1)NCCc1ccc(F)cc1. The highest BCUT2D eigenvalue weighted by Crippen LogP contribution is 2.07. The minimum absolute atomic E-state index is 0.186. The van der Waals surface area contributed by atoms with Crippen molar-refractivity contribution in [3.05, 3.63) is 35.6 Å². The molecule has 1 aliphatic rings. The molecule has 0 atom stereocenters. The van der Waals surface area contributed by atoms with E-state index in [1.807, 2.05) is 12.1 Å². The average molecular weight is 320 g/mol. The summed E-state index contributed by atoms with van der Waals surface area (Å²) in [4.78, 5) is 7.14. The molecule has 0 bridgehead atoms. The molecule has 2 rings (SSSR count). The number of piperidine rings is 1. The average Bonchev–Trinajstić information content (AvgIpc) is 2.58. The monoisotopic (exact) mass is 320 g/mol. The first kappa shape index (κ1) is 17.7. The van der Waals surface area contributed by atoms with Crippen LogP contribution >= 0.6 is 0 Å². The van der Waals surface area contributed by atoms with Gasteiger partial charge in [0.15, 0.2) is 5.96 Å². The minimum Gasteiger partial charge on any atom is -0.357 e. The fourth-order valence-corrected chi connectivity index (χ4v) is 2.80. The van der Waals surface area contributed by atoms with Crippen LogP contribution in [0.5, 0.6) is 0 Å². The van der Waals surface area contributed by atoms with Gasteiger partial charge >= 0.3 is 0 Å². The van der Waals surface area contributed by atoms with E-state index in [1.54, 1.807) is 0 Å². The second-order valence-corrected chi connectivity index (χ2v) is 5.97. The highest BCUT2D eigenvalue weighted by Gasteiger charge is 2.08. The lowest BCUT2D eigenvalue weighted by Crippen LogP contribution is -2.39. The summed E-state index contributed by atoms with van der Waals surface area (Å²) in [6.45, 7) is 8.00. The molecule has 1 aromatic rings. The van der Waals surface area contributed by atoms with Crippen molar-refractivity contribution < 1.29 is 4.39 Å². The zero-order chi connectivity index (χ0) is 16.3. The molecule has 0 spiro atoms. The predicted octanol–water partition coefficient (Wildman–Crippen LogP) is 2.41. The zero-order valence-corrected chi connectivity index (χ0v) is 14.2. The molecule has 1 saturated heterocycles. The van der Waals surface area contributed by atoms with E-state index in [0.29, 0.717) is 0 Å². The molecule has 1 aliphatic heterocycles. The first-order valence-electron chi connectivity index (χ1n) is 8.77. The van der Waals surface area contributed by atoms with Gasteiger partial charge in [-0.2, -0.15) is 0 Å².